The van der Waals surface area contributed by atoms with E-state index in [0.29, 0.717) is 6.61 Å². The molecule has 6 nitrogen and oxygen atoms in total. The van der Waals surface area contributed by atoms with Crippen molar-refractivity contribution in [1.82, 2.24) is 10.7 Å². The maximum absolute atomic E-state index is 12.8. The van der Waals surface area contributed by atoms with Gasteiger partial charge in [0, 0.05) is 18.7 Å². The molecule has 0 aromatic heterocycles. The highest BCUT2D eigenvalue weighted by Crippen LogP contribution is 2.30. The third-order valence-corrected chi connectivity index (χ3v) is 3.36. The van der Waals surface area contributed by atoms with Crippen LogP contribution in [0.1, 0.15) is 24.0 Å². The molecule has 0 saturated carbocycles. The van der Waals surface area contributed by atoms with Crippen molar-refractivity contribution in [2.45, 2.75) is 25.1 Å². The van der Waals surface area contributed by atoms with Crippen molar-refractivity contribution >= 4 is 18.0 Å². The lowest BCUT2D eigenvalue weighted by Gasteiger charge is -2.10. The summed E-state index contributed by atoms with van der Waals surface area (Å²) in [5, 5.41) is 5.78. The molecule has 1 aromatic carbocycles. The van der Waals surface area contributed by atoms with Gasteiger partial charge in [0.15, 0.2) is 0 Å². The van der Waals surface area contributed by atoms with Gasteiger partial charge in [0.25, 0.3) is 0 Å². The van der Waals surface area contributed by atoms with Crippen LogP contribution in [0.3, 0.4) is 0 Å². The summed E-state index contributed by atoms with van der Waals surface area (Å²) in [7, 11) is 0. The summed E-state index contributed by atoms with van der Waals surface area (Å²) in [5.74, 6) is -1.99. The van der Waals surface area contributed by atoms with Crippen LogP contribution in [-0.4, -0.2) is 37.3 Å². The maximum atomic E-state index is 12.8. The van der Waals surface area contributed by atoms with Crippen molar-refractivity contribution < 1.29 is 27.5 Å². The van der Waals surface area contributed by atoms with E-state index >= 15 is 0 Å². The van der Waals surface area contributed by atoms with Gasteiger partial charge in [-0.1, -0.05) is 18.2 Å². The Hall–Kier alpha value is -2.42. The van der Waals surface area contributed by atoms with Crippen LogP contribution < -0.4 is 10.7 Å². The Morgan fingerprint density at radius 2 is 2.04 bits per heavy atom. The number of halogens is 3. The zero-order valence-electron chi connectivity index (χ0n) is 12.6. The zero-order chi connectivity index (χ0) is 17.6. The van der Waals surface area contributed by atoms with Crippen LogP contribution in [-0.2, 0) is 20.5 Å². The van der Waals surface area contributed by atoms with Crippen molar-refractivity contribution in [3.05, 3.63) is 35.4 Å². The molecular weight excluding hydrogens is 327 g/mol. The fourth-order valence-electron chi connectivity index (χ4n) is 2.17. The van der Waals surface area contributed by atoms with Gasteiger partial charge >= 0.3 is 18.0 Å². The van der Waals surface area contributed by atoms with Gasteiger partial charge in [0.1, 0.15) is 0 Å². The molecule has 1 atom stereocenters. The Balaban J connectivity index is 1.87. The SMILES string of the molecule is O=C(NCC1CCCO1)C(=O)N/N=C/c1ccccc1C(F)(F)F. The van der Waals surface area contributed by atoms with E-state index in [1.54, 1.807) is 0 Å². The molecule has 9 heteroatoms. The molecule has 1 heterocycles. The Morgan fingerprint density at radius 3 is 2.71 bits per heavy atom. The summed E-state index contributed by atoms with van der Waals surface area (Å²) >= 11 is 0. The number of nitrogens with zero attached hydrogens (tertiary/aromatic N) is 1. The van der Waals surface area contributed by atoms with Gasteiger partial charge in [-0.3, -0.25) is 9.59 Å². The van der Waals surface area contributed by atoms with Crippen LogP contribution >= 0.6 is 0 Å². The van der Waals surface area contributed by atoms with Gasteiger partial charge in [-0.15, -0.1) is 0 Å². The standard InChI is InChI=1S/C15H16F3N3O3/c16-15(17,18)12-6-2-1-4-10(12)8-20-21-14(23)13(22)19-9-11-5-3-7-24-11/h1-2,4,6,8,11H,3,5,7,9H2,(H,19,22)(H,21,23)/b20-8+. The molecule has 2 N–H and O–H groups in total. The highest BCUT2D eigenvalue weighted by molar-refractivity contribution is 6.35. The smallest absolute Gasteiger partial charge is 0.376 e. The van der Waals surface area contributed by atoms with Crippen molar-refractivity contribution in [3.8, 4) is 0 Å². The first-order chi connectivity index (χ1) is 11.4. The van der Waals surface area contributed by atoms with E-state index in [0.717, 1.165) is 25.1 Å². The van der Waals surface area contributed by atoms with Gasteiger partial charge in [0.05, 0.1) is 17.9 Å². The van der Waals surface area contributed by atoms with Crippen LogP contribution in [0.2, 0.25) is 0 Å². The van der Waals surface area contributed by atoms with Gasteiger partial charge in [-0.2, -0.15) is 18.3 Å². The van der Waals surface area contributed by atoms with E-state index in [1.807, 2.05) is 5.43 Å². The molecule has 1 aliphatic rings. The average Bonchev–Trinajstić information content (AvgIpc) is 3.05. The summed E-state index contributed by atoms with van der Waals surface area (Å²) in [6, 6.07) is 4.76. The van der Waals surface area contributed by atoms with E-state index in [9.17, 15) is 22.8 Å². The van der Waals surface area contributed by atoms with E-state index in [4.69, 9.17) is 4.74 Å². The molecule has 0 spiro atoms. The molecule has 130 valence electrons. The van der Waals surface area contributed by atoms with E-state index in [-0.39, 0.29) is 18.2 Å². The molecule has 2 rings (SSSR count). The number of carbonyl (C=O) groups is 2. The Bertz CT molecular complexity index is 626. The number of alkyl halides is 3. The minimum atomic E-state index is -4.54. The summed E-state index contributed by atoms with van der Waals surface area (Å²) in [6.07, 6.45) is -2.12. The monoisotopic (exact) mass is 343 g/mol. The molecule has 1 unspecified atom stereocenters. The largest absolute Gasteiger partial charge is 0.417 e. The quantitative estimate of drug-likeness (QED) is 0.493. The second-order valence-corrected chi connectivity index (χ2v) is 5.13. The van der Waals surface area contributed by atoms with Gasteiger partial charge < -0.3 is 10.1 Å². The molecule has 0 bridgehead atoms. The summed E-state index contributed by atoms with van der Waals surface area (Å²) < 4.78 is 43.6. The highest BCUT2D eigenvalue weighted by atomic mass is 19.4. The predicted molar refractivity (Wildman–Crippen MR) is 79.2 cm³/mol. The molecule has 1 aliphatic heterocycles. The second kappa shape index (κ2) is 7.91. The third kappa shape index (κ3) is 5.05. The lowest BCUT2D eigenvalue weighted by molar-refractivity contribution is -0.139. The highest BCUT2D eigenvalue weighted by Gasteiger charge is 2.32. The Kier molecular flexibility index (Phi) is 5.91. The van der Waals surface area contributed by atoms with Crippen LogP contribution in [0.25, 0.3) is 0 Å². The molecule has 0 radical (unpaired) electrons. The van der Waals surface area contributed by atoms with E-state index in [1.165, 1.54) is 18.2 Å². The summed E-state index contributed by atoms with van der Waals surface area (Å²) in [6.45, 7) is 0.822. The molecule has 0 aliphatic carbocycles. The first kappa shape index (κ1) is 17.9. The predicted octanol–water partition coefficient (Wildman–Crippen LogP) is 1.45. The van der Waals surface area contributed by atoms with Crippen LogP contribution in [0.15, 0.2) is 29.4 Å². The maximum Gasteiger partial charge on any atom is 0.417 e. The van der Waals surface area contributed by atoms with Gasteiger partial charge in [-0.25, -0.2) is 5.43 Å². The van der Waals surface area contributed by atoms with Crippen molar-refractivity contribution in [2.75, 3.05) is 13.2 Å². The molecule has 1 fully saturated rings. The van der Waals surface area contributed by atoms with Crippen LogP contribution in [0.5, 0.6) is 0 Å². The Morgan fingerprint density at radius 1 is 1.29 bits per heavy atom. The number of hydrogen-bond acceptors (Lipinski definition) is 4. The summed E-state index contributed by atoms with van der Waals surface area (Å²) in [5.41, 5.74) is 0.794. The first-order valence-electron chi connectivity index (χ1n) is 7.27. The fourth-order valence-corrected chi connectivity index (χ4v) is 2.17. The number of nitrogens with one attached hydrogen (secondary N) is 2. The van der Waals surface area contributed by atoms with Gasteiger partial charge in [0.2, 0.25) is 0 Å². The van der Waals surface area contributed by atoms with Crippen molar-refractivity contribution in [3.63, 3.8) is 0 Å². The minimum absolute atomic E-state index is 0.121. The lowest BCUT2D eigenvalue weighted by atomic mass is 10.1. The topological polar surface area (TPSA) is 79.8 Å². The molecule has 24 heavy (non-hydrogen) atoms. The number of ether oxygens (including phenoxy) is 1. The van der Waals surface area contributed by atoms with E-state index in [2.05, 4.69) is 10.4 Å². The second-order valence-electron chi connectivity index (χ2n) is 5.13. The Labute approximate surface area is 136 Å². The number of hydrazone groups is 1. The number of benzene rings is 1. The summed E-state index contributed by atoms with van der Waals surface area (Å²) in [4.78, 5) is 23.1. The molecular formula is C15H16F3N3O3. The zero-order valence-corrected chi connectivity index (χ0v) is 12.6. The number of rotatable bonds is 4. The molecule has 1 aromatic rings. The van der Waals surface area contributed by atoms with Crippen LogP contribution in [0.4, 0.5) is 13.2 Å². The fraction of sp³-hybridized carbons (Fsp3) is 0.400. The average molecular weight is 343 g/mol. The first-order valence-corrected chi connectivity index (χ1v) is 7.27. The number of carbonyl (C=O) groups excluding carboxylic acids is 2. The molecule has 2 amide bonds. The van der Waals surface area contributed by atoms with Crippen molar-refractivity contribution in [2.24, 2.45) is 5.10 Å². The normalized spacial score (nSPS) is 17.9. The lowest BCUT2D eigenvalue weighted by Crippen LogP contribution is -2.41. The minimum Gasteiger partial charge on any atom is -0.376 e. The number of hydrogen-bond donors (Lipinski definition) is 2. The van der Waals surface area contributed by atoms with Crippen molar-refractivity contribution in [1.29, 1.82) is 0 Å². The molecule has 1 saturated heterocycles. The van der Waals surface area contributed by atoms with Gasteiger partial charge in [-0.05, 0) is 18.9 Å². The third-order valence-electron chi connectivity index (χ3n) is 3.36. The van der Waals surface area contributed by atoms with Crippen LogP contribution in [0, 0.1) is 0 Å². The number of amides is 2. The van der Waals surface area contributed by atoms with E-state index < -0.39 is 23.6 Å².